The van der Waals surface area contributed by atoms with Gasteiger partial charge in [0.2, 0.25) is 0 Å². The quantitative estimate of drug-likeness (QED) is 0.447. The van der Waals surface area contributed by atoms with Gasteiger partial charge in [0.15, 0.2) is 0 Å². The summed E-state index contributed by atoms with van der Waals surface area (Å²) in [6.07, 6.45) is -7.31. The van der Waals surface area contributed by atoms with Crippen molar-refractivity contribution < 1.29 is 31.1 Å². The van der Waals surface area contributed by atoms with Crippen molar-refractivity contribution in [3.63, 3.8) is 0 Å². The molecule has 2 unspecified atom stereocenters. The first-order valence-electron chi connectivity index (χ1n) is 11.0. The Kier molecular flexibility index (Phi) is 6.88. The summed E-state index contributed by atoms with van der Waals surface area (Å²) in [6, 6.07) is 8.35. The number of hydrogen-bond acceptors (Lipinski definition) is 2. The van der Waals surface area contributed by atoms with Gasteiger partial charge in [0, 0.05) is 35.6 Å². The van der Waals surface area contributed by atoms with Crippen LogP contribution in [0.4, 0.5) is 26.3 Å². The summed E-state index contributed by atoms with van der Waals surface area (Å²) in [5.74, 6) is -0.976. The van der Waals surface area contributed by atoms with Gasteiger partial charge in [-0.15, -0.1) is 0 Å². The number of carbonyl (C=O) groups excluding carboxylic acids is 1. The molecule has 0 saturated carbocycles. The molecule has 2 aliphatic heterocycles. The van der Waals surface area contributed by atoms with Gasteiger partial charge in [-0.1, -0.05) is 23.7 Å². The van der Waals surface area contributed by atoms with Crippen molar-refractivity contribution in [2.45, 2.75) is 43.6 Å². The minimum atomic E-state index is -5.01. The SMILES string of the molecule is O=C(c1cc(C(F)(F)F)cc(C(F)(F)F)c1)N1CCC(N2CCCC2)C(c2ccc(Cl)cc2)C1. The fourth-order valence-corrected chi connectivity index (χ4v) is 5.06. The highest BCUT2D eigenvalue weighted by molar-refractivity contribution is 6.30. The fraction of sp³-hybridized carbons (Fsp3) is 0.458. The van der Waals surface area contributed by atoms with Crippen LogP contribution in [-0.2, 0) is 12.4 Å². The van der Waals surface area contributed by atoms with Crippen molar-refractivity contribution in [2.24, 2.45) is 0 Å². The van der Waals surface area contributed by atoms with Gasteiger partial charge in [-0.2, -0.15) is 26.3 Å². The number of rotatable bonds is 3. The van der Waals surface area contributed by atoms with Crippen LogP contribution in [0.15, 0.2) is 42.5 Å². The third kappa shape index (κ3) is 5.35. The summed E-state index contributed by atoms with van der Waals surface area (Å²) in [7, 11) is 0. The molecule has 2 aliphatic rings. The minimum Gasteiger partial charge on any atom is -0.338 e. The van der Waals surface area contributed by atoms with Gasteiger partial charge in [-0.05, 0) is 68.2 Å². The molecule has 0 aliphatic carbocycles. The van der Waals surface area contributed by atoms with Crippen molar-refractivity contribution in [3.8, 4) is 0 Å². The summed E-state index contributed by atoms with van der Waals surface area (Å²) < 4.78 is 79.6. The summed E-state index contributed by atoms with van der Waals surface area (Å²) in [5.41, 5.74) is -2.67. The fourth-order valence-electron chi connectivity index (χ4n) is 4.93. The number of hydrogen-bond donors (Lipinski definition) is 0. The molecular weight excluding hydrogens is 482 g/mol. The lowest BCUT2D eigenvalue weighted by molar-refractivity contribution is -0.143. The van der Waals surface area contributed by atoms with Crippen molar-refractivity contribution in [1.82, 2.24) is 9.80 Å². The van der Waals surface area contributed by atoms with E-state index in [4.69, 9.17) is 11.6 Å². The van der Waals surface area contributed by atoms with Gasteiger partial charge >= 0.3 is 12.4 Å². The highest BCUT2D eigenvalue weighted by Crippen LogP contribution is 2.38. The molecule has 2 fully saturated rings. The second-order valence-corrected chi connectivity index (χ2v) is 9.24. The summed E-state index contributed by atoms with van der Waals surface area (Å²) in [6.45, 7) is 2.29. The first-order valence-corrected chi connectivity index (χ1v) is 11.4. The number of likely N-dealkylation sites (tertiary alicyclic amines) is 2. The number of piperidine rings is 1. The lowest BCUT2D eigenvalue weighted by atomic mass is 9.84. The normalized spacial score (nSPS) is 22.3. The summed E-state index contributed by atoms with van der Waals surface area (Å²) >= 11 is 6.02. The molecule has 4 rings (SSSR count). The van der Waals surface area contributed by atoms with E-state index in [0.717, 1.165) is 31.5 Å². The van der Waals surface area contributed by atoms with Crippen molar-refractivity contribution in [1.29, 1.82) is 0 Å². The largest absolute Gasteiger partial charge is 0.416 e. The van der Waals surface area contributed by atoms with Crippen LogP contribution >= 0.6 is 11.6 Å². The molecule has 2 aromatic carbocycles. The molecule has 2 aromatic rings. The molecule has 2 atom stereocenters. The average molecular weight is 505 g/mol. The Morgan fingerprint density at radius 1 is 0.853 bits per heavy atom. The molecule has 10 heteroatoms. The van der Waals surface area contributed by atoms with Gasteiger partial charge < -0.3 is 4.90 Å². The first-order chi connectivity index (χ1) is 15.9. The second kappa shape index (κ2) is 9.41. The molecule has 0 N–H and O–H groups in total. The molecule has 1 amide bonds. The molecule has 0 aromatic heterocycles. The average Bonchev–Trinajstić information content (AvgIpc) is 3.32. The highest BCUT2D eigenvalue weighted by atomic mass is 35.5. The van der Waals surface area contributed by atoms with E-state index in [9.17, 15) is 31.1 Å². The van der Waals surface area contributed by atoms with Crippen LogP contribution in [0.2, 0.25) is 5.02 Å². The van der Waals surface area contributed by atoms with Gasteiger partial charge in [0.1, 0.15) is 0 Å². The monoisotopic (exact) mass is 504 g/mol. The molecule has 184 valence electrons. The van der Waals surface area contributed by atoms with Crippen molar-refractivity contribution in [3.05, 3.63) is 69.7 Å². The maximum atomic E-state index is 13.3. The molecular formula is C24H23ClF6N2O. The smallest absolute Gasteiger partial charge is 0.338 e. The van der Waals surface area contributed by atoms with E-state index in [-0.39, 0.29) is 31.1 Å². The van der Waals surface area contributed by atoms with Crippen molar-refractivity contribution >= 4 is 17.5 Å². The molecule has 2 heterocycles. The summed E-state index contributed by atoms with van der Waals surface area (Å²) in [5, 5.41) is 0.550. The van der Waals surface area contributed by atoms with Gasteiger partial charge in [-0.25, -0.2) is 0 Å². The van der Waals surface area contributed by atoms with E-state index in [2.05, 4.69) is 4.90 Å². The molecule has 2 saturated heterocycles. The number of nitrogens with zero attached hydrogens (tertiary/aromatic N) is 2. The minimum absolute atomic E-state index is 0.0346. The lowest BCUT2D eigenvalue weighted by Gasteiger charge is -2.43. The van der Waals surface area contributed by atoms with Gasteiger partial charge in [-0.3, -0.25) is 9.69 Å². The van der Waals surface area contributed by atoms with Crippen LogP contribution in [0.3, 0.4) is 0 Å². The Labute approximate surface area is 198 Å². The van der Waals surface area contributed by atoms with Crippen LogP contribution in [-0.4, -0.2) is 47.9 Å². The number of carbonyl (C=O) groups is 1. The molecule has 0 spiro atoms. The Morgan fingerprint density at radius 3 is 1.94 bits per heavy atom. The van der Waals surface area contributed by atoms with E-state index in [0.29, 0.717) is 23.6 Å². The maximum absolute atomic E-state index is 13.3. The van der Waals surface area contributed by atoms with Crippen LogP contribution in [0.25, 0.3) is 0 Å². The Morgan fingerprint density at radius 2 is 1.41 bits per heavy atom. The van der Waals surface area contributed by atoms with Crippen LogP contribution in [0.5, 0.6) is 0 Å². The first kappa shape index (κ1) is 24.9. The van der Waals surface area contributed by atoms with Crippen LogP contribution in [0, 0.1) is 0 Å². The number of amides is 1. The molecule has 0 radical (unpaired) electrons. The molecule has 3 nitrogen and oxygen atoms in total. The lowest BCUT2D eigenvalue weighted by Crippen LogP contribution is -2.50. The topological polar surface area (TPSA) is 23.6 Å². The molecule has 0 bridgehead atoms. The van der Waals surface area contributed by atoms with Crippen molar-refractivity contribution in [2.75, 3.05) is 26.2 Å². The third-order valence-electron chi connectivity index (χ3n) is 6.61. The zero-order chi connectivity index (χ0) is 24.7. The van der Waals surface area contributed by atoms with E-state index < -0.39 is 35.0 Å². The van der Waals surface area contributed by atoms with Crippen LogP contribution < -0.4 is 0 Å². The van der Waals surface area contributed by atoms with Gasteiger partial charge in [0.25, 0.3) is 5.91 Å². The molecule has 34 heavy (non-hydrogen) atoms. The zero-order valence-corrected chi connectivity index (χ0v) is 18.9. The van der Waals surface area contributed by atoms with E-state index in [1.54, 1.807) is 12.1 Å². The predicted octanol–water partition coefficient (Wildman–Crippen LogP) is 6.47. The van der Waals surface area contributed by atoms with Gasteiger partial charge in [0.05, 0.1) is 11.1 Å². The Hall–Kier alpha value is -2.26. The van der Waals surface area contributed by atoms with E-state index in [1.807, 2.05) is 12.1 Å². The number of benzene rings is 2. The van der Waals surface area contributed by atoms with Crippen LogP contribution in [0.1, 0.15) is 52.2 Å². The second-order valence-electron chi connectivity index (χ2n) is 8.80. The number of alkyl halides is 6. The zero-order valence-electron chi connectivity index (χ0n) is 18.1. The number of halogens is 7. The third-order valence-corrected chi connectivity index (χ3v) is 6.86. The van der Waals surface area contributed by atoms with E-state index >= 15 is 0 Å². The standard InChI is InChI=1S/C24H23ClF6N2O/c25-19-5-3-15(4-6-19)20-14-33(10-7-21(20)32-8-1-2-9-32)22(34)16-11-17(23(26,27)28)13-18(12-16)24(29,30)31/h3-6,11-13,20-21H,1-2,7-10,14H2. The highest BCUT2D eigenvalue weighted by Gasteiger charge is 2.40. The summed E-state index contributed by atoms with van der Waals surface area (Å²) in [4.78, 5) is 16.9. The Balaban J connectivity index is 1.65. The Bertz CT molecular complexity index is 999. The predicted molar refractivity (Wildman–Crippen MR) is 116 cm³/mol. The van der Waals surface area contributed by atoms with E-state index in [1.165, 1.54) is 4.90 Å². The maximum Gasteiger partial charge on any atom is 0.416 e.